The predicted molar refractivity (Wildman–Crippen MR) is 315 cm³/mol. The number of anilines is 1. The van der Waals surface area contributed by atoms with Crippen LogP contribution in [0, 0.1) is 35.0 Å². The normalized spacial score (nSPS) is 13.7. The largest absolute Gasteiger partial charge is 0.445 e. The molecule has 6 amide bonds. The van der Waals surface area contributed by atoms with E-state index in [1.54, 1.807) is 70.8 Å². The van der Waals surface area contributed by atoms with E-state index in [9.17, 15) is 33.6 Å². The summed E-state index contributed by atoms with van der Waals surface area (Å²) in [5.41, 5.74) is 5.27. The summed E-state index contributed by atoms with van der Waals surface area (Å²) in [4.78, 5) is 144. The van der Waals surface area contributed by atoms with Crippen LogP contribution < -0.4 is 21.7 Å². The summed E-state index contributed by atoms with van der Waals surface area (Å²) in [5, 5.41) is 8.03. The Kier molecular flexibility index (Phi) is 33.8. The Morgan fingerprint density at radius 2 is 1.29 bits per heavy atom. The molecule has 0 bridgehead atoms. The molecule has 0 aromatic heterocycles. The number of nitrogens with one attached hydrogen (secondary N) is 3. The molecule has 2 aromatic rings. The Labute approximate surface area is 492 Å². The van der Waals surface area contributed by atoms with Crippen LogP contribution >= 0.6 is 0 Å². The number of Topliss-reactive ketones (excluding diaryl/α,β-unsaturated/α-hetero) is 3. The van der Waals surface area contributed by atoms with Gasteiger partial charge in [0, 0.05) is 62.8 Å². The first-order valence-corrected chi connectivity index (χ1v) is 28.5. The van der Waals surface area contributed by atoms with Gasteiger partial charge in [0.05, 0.1) is 12.1 Å². The maximum absolute atomic E-state index is 15.1. The summed E-state index contributed by atoms with van der Waals surface area (Å²) in [6.07, 6.45) is 5.65. The lowest BCUT2D eigenvalue weighted by molar-refractivity contribution is -0.193. The van der Waals surface area contributed by atoms with E-state index in [0.717, 1.165) is 31.2 Å². The lowest BCUT2D eigenvalue weighted by Gasteiger charge is -2.41. The zero-order valence-corrected chi connectivity index (χ0v) is 52.4. The molecule has 0 spiro atoms. The molecule has 462 valence electrons. The number of allylic oxidation sites excluding steroid dienone is 1. The maximum Gasteiger partial charge on any atom is 0.410 e. The van der Waals surface area contributed by atoms with E-state index in [0.29, 0.717) is 35.6 Å². The first-order valence-electron chi connectivity index (χ1n) is 28.5. The second-order valence-electron chi connectivity index (χ2n) is 24.3. The number of alkyl carbamates (subject to hydrolysis) is 1. The van der Waals surface area contributed by atoms with Crippen LogP contribution in [0.3, 0.4) is 0 Å². The van der Waals surface area contributed by atoms with Crippen molar-refractivity contribution in [2.45, 2.75) is 197 Å². The minimum absolute atomic E-state index is 0.0325. The first kappa shape index (κ1) is 75.7. The van der Waals surface area contributed by atoms with Crippen molar-refractivity contribution in [3.8, 4) is 0 Å². The number of benzene rings is 2. The smallest absolute Gasteiger partial charge is 0.410 e. The average Bonchev–Trinajstić information content (AvgIpc) is 3.61. The van der Waals surface area contributed by atoms with Crippen molar-refractivity contribution in [2.24, 2.45) is 40.7 Å². The van der Waals surface area contributed by atoms with Crippen LogP contribution in [0.1, 0.15) is 173 Å². The molecule has 0 radical (unpaired) electrons. The summed E-state index contributed by atoms with van der Waals surface area (Å²) in [6, 6.07) is 13.0. The fraction of sp³-hybridized carbons (Fsp3) is 0.619. The number of ether oxygens (including phenoxy) is 2. The van der Waals surface area contributed by atoms with Gasteiger partial charge in [0.25, 0.3) is 0 Å². The third-order valence-electron chi connectivity index (χ3n) is 14.4. The van der Waals surface area contributed by atoms with Crippen molar-refractivity contribution in [3.63, 3.8) is 0 Å². The van der Waals surface area contributed by atoms with E-state index in [1.165, 1.54) is 11.9 Å². The van der Waals surface area contributed by atoms with Crippen molar-refractivity contribution < 1.29 is 67.0 Å². The van der Waals surface area contributed by atoms with Gasteiger partial charge in [-0.15, -0.1) is 0 Å². The van der Waals surface area contributed by atoms with Crippen LogP contribution in [0.5, 0.6) is 0 Å². The highest BCUT2D eigenvalue weighted by atomic mass is 16.6. The van der Waals surface area contributed by atoms with Crippen molar-refractivity contribution in [3.05, 3.63) is 77.4 Å². The molecular formula is C63H96N6O14. The minimum atomic E-state index is -1.06. The molecule has 2 aromatic carbocycles. The number of rotatable bonds is 30. The number of likely N-dealkylation sites (N-methyl/N-ethyl adjacent to an activating group) is 2. The van der Waals surface area contributed by atoms with Gasteiger partial charge in [0.1, 0.15) is 18.2 Å². The molecule has 0 heterocycles. The topological polar surface area (TPSA) is 292 Å². The number of amides is 6. The summed E-state index contributed by atoms with van der Waals surface area (Å²) in [5.74, 6) is -2.92. The molecule has 0 fully saturated rings. The summed E-state index contributed by atoms with van der Waals surface area (Å²) in [7, 11) is 3.27. The second kappa shape index (κ2) is 37.0. The molecule has 0 unspecified atom stereocenters. The predicted octanol–water partition coefficient (Wildman–Crippen LogP) is 10.2. The van der Waals surface area contributed by atoms with Crippen LogP contribution in [0.4, 0.5) is 20.1 Å². The fourth-order valence-electron chi connectivity index (χ4n) is 9.65. The standard InChI is InChI=1S/C61H96N6O10.2CO2/c1-18-20-25-42(19-2)35-49(68)41(7)34-48(39(3)4)66(16)55(72)47(59(8,9)10)37-51(70)53(61(14,15)45-27-22-21-23-28-45)67(17)58(75)76-38-43-29-31-46(32-30-43)64-54(71)44(26-24-33-63-56(62)73)36-50(69)52(40(5)6)65-57(74)77-60(11,12)13;2*2-1-3/h21-23,27-32,34,39-40,42,44,47-48,52-53H,18-20,24-26,33,35-38H2,1-17H3,(H,64,71)(H,65,74)(H3,62,63,73);;/b41-34+;;/t42-,44+,47+,48+,52-,53+;;/m0../s1. The molecule has 0 aliphatic carbocycles. The number of carbonyl (C=O) groups excluding carboxylic acids is 12. The molecule has 20 heteroatoms. The molecule has 6 atom stereocenters. The zero-order chi connectivity index (χ0) is 64.0. The molecule has 0 aliphatic heterocycles. The fourth-order valence-corrected chi connectivity index (χ4v) is 9.65. The highest BCUT2D eigenvalue weighted by molar-refractivity contribution is 5.98. The third kappa shape index (κ3) is 27.6. The number of carbonyl (C=O) groups is 8. The number of ketones is 3. The van der Waals surface area contributed by atoms with Gasteiger partial charge >= 0.3 is 30.5 Å². The van der Waals surface area contributed by atoms with Crippen LogP contribution in [0.15, 0.2) is 66.2 Å². The van der Waals surface area contributed by atoms with Gasteiger partial charge in [-0.05, 0) is 92.5 Å². The van der Waals surface area contributed by atoms with Gasteiger partial charge in [0.2, 0.25) is 11.8 Å². The van der Waals surface area contributed by atoms with E-state index >= 15 is 4.79 Å². The molecule has 0 saturated carbocycles. The SMILES string of the molecule is CCCC[C@H](CC)CC(=O)/C(C)=C/[C@H](C(C)C)N(C)C(=O)[C@@H](CC(=O)[C@@H](N(C)C(=O)OCc1ccc(NC(=O)[C@H](CCCNC(N)=O)CC(=O)[C@@H](NC(=O)OC(C)(C)C)C(C)C)cc1)C(C)(C)c1ccccc1)C(C)(C)C.O=C=O.O=C=O. The number of hydrogen-bond acceptors (Lipinski definition) is 14. The van der Waals surface area contributed by atoms with Crippen molar-refractivity contribution in [1.82, 2.24) is 20.4 Å². The number of nitrogens with two attached hydrogens (primary N) is 1. The number of nitrogens with zero attached hydrogens (tertiary/aromatic N) is 2. The minimum Gasteiger partial charge on any atom is -0.445 e. The molecule has 20 nitrogen and oxygen atoms in total. The summed E-state index contributed by atoms with van der Waals surface area (Å²) < 4.78 is 11.2. The molecule has 5 N–H and O–H groups in total. The van der Waals surface area contributed by atoms with Crippen molar-refractivity contribution in [1.29, 1.82) is 0 Å². The average molecular weight is 1160 g/mol. The Bertz CT molecular complexity index is 2490. The van der Waals surface area contributed by atoms with Crippen molar-refractivity contribution in [2.75, 3.05) is 26.0 Å². The first-order chi connectivity index (χ1) is 38.6. The lowest BCUT2D eigenvalue weighted by atomic mass is 9.71. The van der Waals surface area contributed by atoms with E-state index < -0.39 is 70.5 Å². The number of primary amides is 1. The van der Waals surface area contributed by atoms with Crippen LogP contribution in [-0.4, -0.2) is 114 Å². The molecule has 0 saturated heterocycles. The Morgan fingerprint density at radius 3 is 1.77 bits per heavy atom. The quantitative estimate of drug-likeness (QED) is 0.0418. The highest BCUT2D eigenvalue weighted by Gasteiger charge is 2.45. The van der Waals surface area contributed by atoms with Gasteiger partial charge < -0.3 is 41.0 Å². The maximum atomic E-state index is 15.1. The van der Waals surface area contributed by atoms with Gasteiger partial charge in [0.15, 0.2) is 17.3 Å². The van der Waals surface area contributed by atoms with Gasteiger partial charge in [-0.25, -0.2) is 14.4 Å². The Morgan fingerprint density at radius 1 is 0.723 bits per heavy atom. The van der Waals surface area contributed by atoms with E-state index in [-0.39, 0.29) is 79.8 Å². The molecule has 83 heavy (non-hydrogen) atoms. The lowest BCUT2D eigenvalue weighted by Crippen LogP contribution is -2.55. The molecule has 0 aliphatic rings. The van der Waals surface area contributed by atoms with E-state index in [4.69, 9.17) is 34.4 Å². The molecular weight excluding hydrogens is 1060 g/mol. The number of hydrogen-bond donors (Lipinski definition) is 4. The monoisotopic (exact) mass is 1160 g/mol. The zero-order valence-electron chi connectivity index (χ0n) is 52.4. The molecule has 2 rings (SSSR count). The van der Waals surface area contributed by atoms with E-state index in [1.807, 2.05) is 91.8 Å². The van der Waals surface area contributed by atoms with Gasteiger partial charge in [-0.2, -0.15) is 19.2 Å². The Hall–Kier alpha value is -7.30. The van der Waals surface area contributed by atoms with Crippen LogP contribution in [0.2, 0.25) is 0 Å². The number of urea groups is 1. The van der Waals surface area contributed by atoms with E-state index in [2.05, 4.69) is 29.8 Å². The summed E-state index contributed by atoms with van der Waals surface area (Å²) >= 11 is 0. The van der Waals surface area contributed by atoms with Crippen molar-refractivity contribution >= 4 is 65.4 Å². The highest BCUT2D eigenvalue weighted by Crippen LogP contribution is 2.37. The van der Waals surface area contributed by atoms with Crippen LogP contribution in [0.25, 0.3) is 0 Å². The number of unbranched alkanes of at least 4 members (excludes halogenated alkanes) is 1. The Balaban J connectivity index is 0.0000107. The van der Waals surface area contributed by atoms with Gasteiger partial charge in [-0.3, -0.25) is 24.0 Å². The van der Waals surface area contributed by atoms with Crippen LogP contribution in [-0.2, 0) is 64.6 Å². The van der Waals surface area contributed by atoms with Gasteiger partial charge in [-0.1, -0.05) is 150 Å². The summed E-state index contributed by atoms with van der Waals surface area (Å²) in [6.45, 7) is 28.4. The second-order valence-corrected chi connectivity index (χ2v) is 24.3. The third-order valence-corrected chi connectivity index (χ3v) is 14.4.